The molecule has 0 saturated carbocycles. The third kappa shape index (κ3) is 3.97. The van der Waals surface area contributed by atoms with Crippen LogP contribution < -0.4 is 0 Å². The maximum Gasteiger partial charge on any atom is 0.317 e. The number of carbonyl (C=O) groups excluding carboxylic acids is 1. The van der Waals surface area contributed by atoms with Crippen molar-refractivity contribution in [3.8, 4) is 5.69 Å². The monoisotopic (exact) mass is 468 g/mol. The van der Waals surface area contributed by atoms with E-state index in [1.807, 2.05) is 0 Å². The Morgan fingerprint density at radius 1 is 1.24 bits per heavy atom. The molecular weight excluding hydrogens is 443 g/mol. The van der Waals surface area contributed by atoms with Gasteiger partial charge in [-0.3, -0.25) is 4.79 Å². The fourth-order valence-corrected chi connectivity index (χ4v) is 5.57. The van der Waals surface area contributed by atoms with Crippen molar-refractivity contribution in [3.05, 3.63) is 59.3 Å². The molecule has 0 amide bonds. The third-order valence-electron chi connectivity index (χ3n) is 6.19. The average Bonchev–Trinajstić information content (AvgIpc) is 3.44. The van der Waals surface area contributed by atoms with E-state index in [1.54, 1.807) is 34.0 Å². The molecule has 1 fully saturated rings. The number of esters is 1. The van der Waals surface area contributed by atoms with Crippen molar-refractivity contribution in [2.45, 2.75) is 37.8 Å². The number of aryl methyl sites for hydroxylation is 1. The first-order valence-electron chi connectivity index (χ1n) is 11.0. The summed E-state index contributed by atoms with van der Waals surface area (Å²) < 4.78 is 22.7. The van der Waals surface area contributed by atoms with Gasteiger partial charge in [-0.25, -0.2) is 13.4 Å². The quantitative estimate of drug-likeness (QED) is 0.405. The molecule has 2 aliphatic rings. The highest BCUT2D eigenvalue weighted by atomic mass is 32.2. The summed E-state index contributed by atoms with van der Waals surface area (Å²) in [7, 11) is 1.44. The smallest absolute Gasteiger partial charge is 0.317 e. The molecule has 0 radical (unpaired) electrons. The molecule has 0 spiro atoms. The van der Waals surface area contributed by atoms with Crippen LogP contribution in [0.15, 0.2) is 47.3 Å². The Balaban J connectivity index is 1.44. The lowest BCUT2D eigenvalue weighted by molar-refractivity contribution is -0.151. The van der Waals surface area contributed by atoms with Crippen LogP contribution in [0, 0.1) is 11.2 Å². The number of hydrogen-bond donors (Lipinski definition) is 0. The molecule has 10 heteroatoms. The van der Waals surface area contributed by atoms with Crippen LogP contribution in [0.25, 0.3) is 11.8 Å². The number of nitrogens with zero attached hydrogens (tertiary/aromatic N) is 6. The summed E-state index contributed by atoms with van der Waals surface area (Å²) in [5, 5.41) is 14.2. The number of methoxy groups -OCH3 is 1. The summed E-state index contributed by atoms with van der Waals surface area (Å²) in [6, 6.07) is 6.25. The second-order valence-corrected chi connectivity index (χ2v) is 9.46. The lowest BCUT2D eigenvalue weighted by Gasteiger charge is -2.43. The molecule has 0 N–H and O–H groups in total. The second kappa shape index (κ2) is 8.75. The summed E-state index contributed by atoms with van der Waals surface area (Å²) in [5.74, 6) is -0.531. The number of carbonyl (C=O) groups is 1. The van der Waals surface area contributed by atoms with Crippen LogP contribution in [0.4, 0.5) is 4.39 Å². The van der Waals surface area contributed by atoms with Gasteiger partial charge in [-0.2, -0.15) is 15.0 Å². The molecule has 33 heavy (non-hydrogen) atoms. The van der Waals surface area contributed by atoms with E-state index in [0.717, 1.165) is 53.5 Å². The standard InChI is InChI=1S/C23H25FN6O2S/c1-3-9-29-25-14-21(27-29)33-28-10-8-17-11-20-16(12-23(17,15-28)22(31)32-2)13-26-30(20)19-6-4-18(24)5-7-19/h4-7,11,13-14H,3,8-10,12,15H2,1-2H3. The molecule has 0 bridgehead atoms. The van der Waals surface area contributed by atoms with Crippen LogP contribution in [-0.2, 0) is 22.5 Å². The minimum atomic E-state index is -0.775. The topological polar surface area (TPSA) is 78.1 Å². The fraction of sp³-hybridized carbons (Fsp3) is 0.391. The SMILES string of the molecule is CCCn1ncc(SN2CCC3=Cc4c(cnn4-c4ccc(F)cc4)CC3(C(=O)OC)C2)n1. The number of hydrogen-bond acceptors (Lipinski definition) is 7. The first kappa shape index (κ1) is 21.8. The minimum absolute atomic E-state index is 0.242. The zero-order valence-corrected chi connectivity index (χ0v) is 19.4. The van der Waals surface area contributed by atoms with Crippen molar-refractivity contribution >= 4 is 24.0 Å². The zero-order chi connectivity index (χ0) is 23.0. The lowest BCUT2D eigenvalue weighted by atomic mass is 9.69. The molecule has 3 aromatic rings. The van der Waals surface area contributed by atoms with Crippen molar-refractivity contribution < 1.29 is 13.9 Å². The van der Waals surface area contributed by atoms with Crippen molar-refractivity contribution in [2.24, 2.45) is 5.41 Å². The summed E-state index contributed by atoms with van der Waals surface area (Å²) in [6.45, 7) is 4.15. The molecule has 1 aromatic carbocycles. The normalized spacial score (nSPS) is 20.2. The predicted molar refractivity (Wildman–Crippen MR) is 122 cm³/mol. The molecule has 1 saturated heterocycles. The van der Waals surface area contributed by atoms with E-state index in [1.165, 1.54) is 31.2 Å². The van der Waals surface area contributed by atoms with Crippen LogP contribution in [0.5, 0.6) is 0 Å². The molecule has 2 aromatic heterocycles. The molecule has 1 unspecified atom stereocenters. The zero-order valence-electron chi connectivity index (χ0n) is 18.6. The van der Waals surface area contributed by atoms with Gasteiger partial charge in [0, 0.05) is 13.1 Å². The Kier molecular flexibility index (Phi) is 5.79. The first-order chi connectivity index (χ1) is 16.0. The van der Waals surface area contributed by atoms with E-state index in [-0.39, 0.29) is 11.8 Å². The predicted octanol–water partition coefficient (Wildman–Crippen LogP) is 3.52. The lowest BCUT2D eigenvalue weighted by Crippen LogP contribution is -2.50. The van der Waals surface area contributed by atoms with Gasteiger partial charge < -0.3 is 4.74 Å². The molecule has 3 heterocycles. The van der Waals surface area contributed by atoms with E-state index in [4.69, 9.17) is 4.74 Å². The summed E-state index contributed by atoms with van der Waals surface area (Å²) in [6.07, 6.45) is 7.81. The third-order valence-corrected chi connectivity index (χ3v) is 7.13. The van der Waals surface area contributed by atoms with E-state index in [9.17, 15) is 9.18 Å². The summed E-state index contributed by atoms with van der Waals surface area (Å²) in [5.41, 5.74) is 2.94. The van der Waals surface area contributed by atoms with Crippen molar-refractivity contribution in [2.75, 3.05) is 20.2 Å². The molecule has 8 nitrogen and oxygen atoms in total. The molecule has 1 aliphatic heterocycles. The largest absolute Gasteiger partial charge is 0.468 e. The summed E-state index contributed by atoms with van der Waals surface area (Å²) >= 11 is 1.53. The van der Waals surface area contributed by atoms with Crippen molar-refractivity contribution in [3.63, 3.8) is 0 Å². The minimum Gasteiger partial charge on any atom is -0.468 e. The summed E-state index contributed by atoms with van der Waals surface area (Å²) in [4.78, 5) is 14.8. The molecular formula is C23H25FN6O2S. The molecule has 1 aliphatic carbocycles. The number of benzene rings is 1. The Hall–Kier alpha value is -2.98. The van der Waals surface area contributed by atoms with E-state index >= 15 is 0 Å². The second-order valence-electron chi connectivity index (χ2n) is 8.35. The van der Waals surface area contributed by atoms with Crippen LogP contribution >= 0.6 is 11.9 Å². The van der Waals surface area contributed by atoms with Gasteiger partial charge in [0.25, 0.3) is 0 Å². The Morgan fingerprint density at radius 2 is 2.06 bits per heavy atom. The Labute approximate surface area is 195 Å². The van der Waals surface area contributed by atoms with Gasteiger partial charge in [0.05, 0.1) is 37.4 Å². The van der Waals surface area contributed by atoms with Crippen LogP contribution in [0.2, 0.25) is 0 Å². The van der Waals surface area contributed by atoms with E-state index < -0.39 is 5.41 Å². The highest BCUT2D eigenvalue weighted by Crippen LogP contribution is 2.46. The fourth-order valence-electron chi connectivity index (χ4n) is 4.61. The van der Waals surface area contributed by atoms with Crippen LogP contribution in [0.1, 0.15) is 31.0 Å². The van der Waals surface area contributed by atoms with E-state index in [2.05, 4.69) is 32.6 Å². The van der Waals surface area contributed by atoms with Gasteiger partial charge in [-0.15, -0.1) is 5.10 Å². The van der Waals surface area contributed by atoms with E-state index in [0.29, 0.717) is 13.0 Å². The molecule has 172 valence electrons. The number of aromatic nitrogens is 5. The number of rotatable bonds is 6. The average molecular weight is 469 g/mol. The Morgan fingerprint density at radius 3 is 2.82 bits per heavy atom. The number of piperidine rings is 1. The first-order valence-corrected chi connectivity index (χ1v) is 11.7. The van der Waals surface area contributed by atoms with Gasteiger partial charge in [0.15, 0.2) is 5.03 Å². The highest BCUT2D eigenvalue weighted by Gasteiger charge is 2.50. The molecule has 5 rings (SSSR count). The van der Waals surface area contributed by atoms with Crippen molar-refractivity contribution in [1.29, 1.82) is 0 Å². The maximum absolute atomic E-state index is 13.4. The van der Waals surface area contributed by atoms with Gasteiger partial charge in [0.2, 0.25) is 0 Å². The number of halogens is 1. The van der Waals surface area contributed by atoms with Crippen LogP contribution in [0.3, 0.4) is 0 Å². The molecule has 1 atom stereocenters. The Bertz CT molecular complexity index is 1200. The van der Waals surface area contributed by atoms with Crippen molar-refractivity contribution in [1.82, 2.24) is 29.1 Å². The number of ether oxygens (including phenoxy) is 1. The van der Waals surface area contributed by atoms with Gasteiger partial charge in [-0.1, -0.05) is 6.92 Å². The van der Waals surface area contributed by atoms with Gasteiger partial charge in [0.1, 0.15) is 11.2 Å². The van der Waals surface area contributed by atoms with Gasteiger partial charge >= 0.3 is 5.97 Å². The van der Waals surface area contributed by atoms with Crippen LogP contribution in [-0.4, -0.2) is 55.2 Å². The number of fused-ring (bicyclic) bond motifs is 2. The van der Waals surface area contributed by atoms with Gasteiger partial charge in [-0.05, 0) is 72.7 Å². The maximum atomic E-state index is 13.4. The highest BCUT2D eigenvalue weighted by molar-refractivity contribution is 7.97.